The van der Waals surface area contributed by atoms with E-state index in [-0.39, 0.29) is 10.3 Å². The second-order valence-corrected chi connectivity index (χ2v) is 11.0. The smallest absolute Gasteiger partial charge is 0.261 e. The monoisotopic (exact) mass is 425 g/mol. The van der Waals surface area contributed by atoms with Crippen LogP contribution in [0.5, 0.6) is 0 Å². The lowest BCUT2D eigenvalue weighted by molar-refractivity contribution is 0.179. The van der Waals surface area contributed by atoms with Gasteiger partial charge in [0.2, 0.25) is 0 Å². The first-order valence-corrected chi connectivity index (χ1v) is 12.2. The highest BCUT2D eigenvalue weighted by atomic mass is 32.2. The van der Waals surface area contributed by atoms with Crippen LogP contribution in [-0.2, 0) is 22.9 Å². The molecular formula is C25H31NO3S. The van der Waals surface area contributed by atoms with Crippen molar-refractivity contribution in [3.8, 4) is 0 Å². The minimum atomic E-state index is -3.64. The Morgan fingerprint density at radius 1 is 1.13 bits per heavy atom. The average Bonchev–Trinajstić information content (AvgIpc) is 3.05. The molecule has 0 unspecified atom stereocenters. The number of aryl methyl sites for hydroxylation is 3. The molecule has 0 amide bonds. The third-order valence-electron chi connectivity index (χ3n) is 6.98. The van der Waals surface area contributed by atoms with Crippen molar-refractivity contribution < 1.29 is 12.8 Å². The zero-order chi connectivity index (χ0) is 21.7. The van der Waals surface area contributed by atoms with Crippen LogP contribution in [0.4, 0.5) is 5.69 Å². The van der Waals surface area contributed by atoms with Gasteiger partial charge >= 0.3 is 0 Å². The Bertz CT molecular complexity index is 1190. The van der Waals surface area contributed by atoms with Gasteiger partial charge in [-0.3, -0.25) is 4.72 Å². The normalized spacial score (nSPS) is 17.2. The molecule has 30 heavy (non-hydrogen) atoms. The number of sulfonamides is 1. The summed E-state index contributed by atoms with van der Waals surface area (Å²) in [4.78, 5) is 0.270. The highest BCUT2D eigenvalue weighted by Crippen LogP contribution is 2.43. The van der Waals surface area contributed by atoms with E-state index in [1.54, 1.807) is 12.1 Å². The SMILES string of the molecule is CCC(C)(C)[C@H]1CCc2oc3cc(C)c(NS(=O)(=O)c4ccc(C)cc4)cc3c2C1. The molecule has 2 aromatic carbocycles. The number of anilines is 1. The predicted molar refractivity (Wildman–Crippen MR) is 123 cm³/mol. The molecule has 3 aromatic rings. The second kappa shape index (κ2) is 7.45. The van der Waals surface area contributed by atoms with Gasteiger partial charge in [-0.2, -0.15) is 0 Å². The molecule has 4 nitrogen and oxygen atoms in total. The highest BCUT2D eigenvalue weighted by Gasteiger charge is 2.33. The van der Waals surface area contributed by atoms with Crippen molar-refractivity contribution in [2.75, 3.05) is 4.72 Å². The lowest BCUT2D eigenvalue weighted by Gasteiger charge is -2.36. The van der Waals surface area contributed by atoms with Crippen molar-refractivity contribution in [2.24, 2.45) is 11.3 Å². The molecule has 0 aliphatic heterocycles. The van der Waals surface area contributed by atoms with E-state index in [0.29, 0.717) is 11.6 Å². The number of nitrogens with one attached hydrogen (secondary N) is 1. The molecule has 1 N–H and O–H groups in total. The Labute approximate surface area is 179 Å². The van der Waals surface area contributed by atoms with Gasteiger partial charge in [0.05, 0.1) is 10.6 Å². The summed E-state index contributed by atoms with van der Waals surface area (Å²) >= 11 is 0. The van der Waals surface area contributed by atoms with E-state index >= 15 is 0 Å². The van der Waals surface area contributed by atoms with Gasteiger partial charge in [0.25, 0.3) is 10.0 Å². The minimum absolute atomic E-state index is 0.270. The number of benzene rings is 2. The van der Waals surface area contributed by atoms with Gasteiger partial charge in [-0.1, -0.05) is 44.9 Å². The van der Waals surface area contributed by atoms with Crippen LogP contribution in [0.25, 0.3) is 11.0 Å². The maximum absolute atomic E-state index is 12.9. The fraction of sp³-hybridized carbons (Fsp3) is 0.440. The zero-order valence-corrected chi connectivity index (χ0v) is 19.3. The molecule has 0 saturated heterocycles. The van der Waals surface area contributed by atoms with Gasteiger partial charge in [0, 0.05) is 17.4 Å². The van der Waals surface area contributed by atoms with E-state index in [9.17, 15) is 8.42 Å². The number of furan rings is 1. The molecule has 160 valence electrons. The molecule has 1 atom stereocenters. The van der Waals surface area contributed by atoms with Crippen LogP contribution in [0, 0.1) is 25.2 Å². The number of rotatable bonds is 5. The summed E-state index contributed by atoms with van der Waals surface area (Å²) in [6.45, 7) is 10.8. The number of hydrogen-bond donors (Lipinski definition) is 1. The van der Waals surface area contributed by atoms with Crippen LogP contribution in [-0.4, -0.2) is 8.42 Å². The van der Waals surface area contributed by atoms with E-state index in [1.807, 2.05) is 38.1 Å². The van der Waals surface area contributed by atoms with Crippen LogP contribution >= 0.6 is 0 Å². The third-order valence-corrected chi connectivity index (χ3v) is 8.37. The summed E-state index contributed by atoms with van der Waals surface area (Å²) < 4.78 is 34.8. The lowest BCUT2D eigenvalue weighted by atomic mass is 9.69. The van der Waals surface area contributed by atoms with E-state index in [2.05, 4.69) is 25.5 Å². The van der Waals surface area contributed by atoms with Crippen LogP contribution < -0.4 is 4.72 Å². The Kier molecular flexibility index (Phi) is 5.21. The van der Waals surface area contributed by atoms with Gasteiger partial charge in [-0.25, -0.2) is 8.42 Å². The summed E-state index contributed by atoms with van der Waals surface area (Å²) in [5.74, 6) is 1.66. The Balaban J connectivity index is 1.72. The molecule has 0 radical (unpaired) electrons. The molecule has 5 heteroatoms. The molecule has 0 spiro atoms. The van der Waals surface area contributed by atoms with Gasteiger partial charge in [0.15, 0.2) is 0 Å². The fourth-order valence-electron chi connectivity index (χ4n) is 4.41. The minimum Gasteiger partial charge on any atom is -0.461 e. The van der Waals surface area contributed by atoms with Crippen LogP contribution in [0.15, 0.2) is 45.7 Å². The molecule has 0 bridgehead atoms. The summed E-state index contributed by atoms with van der Waals surface area (Å²) in [5.41, 5.74) is 4.88. The van der Waals surface area contributed by atoms with Gasteiger partial charge < -0.3 is 4.42 Å². The Morgan fingerprint density at radius 3 is 2.50 bits per heavy atom. The van der Waals surface area contributed by atoms with E-state index < -0.39 is 10.0 Å². The highest BCUT2D eigenvalue weighted by molar-refractivity contribution is 7.92. The fourth-order valence-corrected chi connectivity index (χ4v) is 5.53. The molecule has 1 aliphatic carbocycles. The quantitative estimate of drug-likeness (QED) is 0.515. The predicted octanol–water partition coefficient (Wildman–Crippen LogP) is 6.39. The first-order valence-electron chi connectivity index (χ1n) is 10.7. The van der Waals surface area contributed by atoms with Crippen LogP contribution in [0.1, 0.15) is 56.1 Å². The summed E-state index contributed by atoms with van der Waals surface area (Å²) in [7, 11) is -3.64. The van der Waals surface area contributed by atoms with Crippen molar-refractivity contribution in [1.82, 2.24) is 0 Å². The number of hydrogen-bond acceptors (Lipinski definition) is 3. The maximum atomic E-state index is 12.9. The van der Waals surface area contributed by atoms with Crippen LogP contribution in [0.3, 0.4) is 0 Å². The zero-order valence-electron chi connectivity index (χ0n) is 18.5. The van der Waals surface area contributed by atoms with Crippen molar-refractivity contribution in [3.05, 3.63) is 58.8 Å². The Morgan fingerprint density at radius 2 is 1.83 bits per heavy atom. The van der Waals surface area contributed by atoms with Crippen molar-refractivity contribution in [1.29, 1.82) is 0 Å². The maximum Gasteiger partial charge on any atom is 0.261 e. The average molecular weight is 426 g/mol. The lowest BCUT2D eigenvalue weighted by Crippen LogP contribution is -2.28. The first kappa shape index (κ1) is 21.0. The molecule has 0 saturated carbocycles. The van der Waals surface area contributed by atoms with Gasteiger partial charge in [-0.15, -0.1) is 0 Å². The molecule has 0 fully saturated rings. The second-order valence-electron chi connectivity index (χ2n) is 9.37. The summed E-state index contributed by atoms with van der Waals surface area (Å²) in [5, 5.41) is 1.04. The van der Waals surface area contributed by atoms with Gasteiger partial charge in [-0.05, 0) is 67.9 Å². The van der Waals surface area contributed by atoms with Crippen LogP contribution in [0.2, 0.25) is 0 Å². The first-order chi connectivity index (χ1) is 14.1. The van der Waals surface area contributed by atoms with E-state index in [0.717, 1.165) is 53.5 Å². The molecule has 4 rings (SSSR count). The molecule has 1 heterocycles. The summed E-state index contributed by atoms with van der Waals surface area (Å²) in [6, 6.07) is 10.8. The topological polar surface area (TPSA) is 59.3 Å². The molecule has 1 aromatic heterocycles. The van der Waals surface area contributed by atoms with Gasteiger partial charge in [0.1, 0.15) is 11.3 Å². The van der Waals surface area contributed by atoms with Crippen molar-refractivity contribution in [3.63, 3.8) is 0 Å². The number of fused-ring (bicyclic) bond motifs is 3. The summed E-state index contributed by atoms with van der Waals surface area (Å²) in [6.07, 6.45) is 4.21. The standard InChI is InChI=1S/C25H31NO3S/c1-6-25(4,5)18-9-12-23-20(14-18)21-15-22(17(3)13-24(21)29-23)26-30(27,28)19-10-7-16(2)8-11-19/h7-8,10-11,13,15,18,26H,6,9,12,14H2,1-5H3/t18-/m0/s1. The molecule has 1 aliphatic rings. The van der Waals surface area contributed by atoms with E-state index in [1.165, 1.54) is 5.56 Å². The largest absolute Gasteiger partial charge is 0.461 e. The van der Waals surface area contributed by atoms with Crippen molar-refractivity contribution in [2.45, 2.75) is 65.2 Å². The van der Waals surface area contributed by atoms with E-state index in [4.69, 9.17) is 4.42 Å². The van der Waals surface area contributed by atoms with Crippen molar-refractivity contribution >= 4 is 26.7 Å². The third kappa shape index (κ3) is 3.76. The molecular weight excluding hydrogens is 394 g/mol. The Hall–Kier alpha value is -2.27.